The van der Waals surface area contributed by atoms with Crippen LogP contribution in [0.2, 0.25) is 0 Å². The third kappa shape index (κ3) is 3.80. The number of nitrogens with one attached hydrogen (secondary N) is 2. The van der Waals surface area contributed by atoms with Gasteiger partial charge in [0.1, 0.15) is 5.60 Å². The van der Waals surface area contributed by atoms with Gasteiger partial charge in [0.05, 0.1) is 13.1 Å². The minimum absolute atomic E-state index is 0.0590. The number of thiophene rings is 2. The number of hydrogen-bond donors (Lipinski definition) is 3. The van der Waals surface area contributed by atoms with E-state index in [9.17, 15) is 14.7 Å². The molecule has 2 heterocycles. The van der Waals surface area contributed by atoms with Crippen LogP contribution in [0.25, 0.3) is 0 Å². The molecule has 3 rings (SSSR count). The predicted molar refractivity (Wildman–Crippen MR) is 90.1 cm³/mol. The quantitative estimate of drug-likeness (QED) is 0.696. The van der Waals surface area contributed by atoms with E-state index in [1.54, 1.807) is 0 Å². The highest BCUT2D eigenvalue weighted by molar-refractivity contribution is 7.10. The molecule has 0 saturated heterocycles. The van der Waals surface area contributed by atoms with Crippen LogP contribution < -0.4 is 10.6 Å². The lowest BCUT2D eigenvalue weighted by atomic mass is 9.95. The highest BCUT2D eigenvalue weighted by Crippen LogP contribution is 2.46. The van der Waals surface area contributed by atoms with E-state index >= 15 is 0 Å². The largest absolute Gasteiger partial charge is 0.382 e. The van der Waals surface area contributed by atoms with Gasteiger partial charge in [-0.1, -0.05) is 12.1 Å². The van der Waals surface area contributed by atoms with Crippen molar-refractivity contribution in [1.29, 1.82) is 0 Å². The summed E-state index contributed by atoms with van der Waals surface area (Å²) in [5.41, 5.74) is -1.07. The fourth-order valence-electron chi connectivity index (χ4n) is 2.47. The van der Waals surface area contributed by atoms with Gasteiger partial charge in [-0.15, -0.1) is 22.7 Å². The van der Waals surface area contributed by atoms with E-state index in [1.165, 1.54) is 22.7 Å². The van der Waals surface area contributed by atoms with E-state index in [0.29, 0.717) is 6.54 Å². The molecule has 0 aliphatic heterocycles. The first-order valence-electron chi connectivity index (χ1n) is 7.44. The van der Waals surface area contributed by atoms with Crippen LogP contribution >= 0.6 is 22.7 Å². The van der Waals surface area contributed by atoms with Crippen molar-refractivity contribution >= 4 is 34.5 Å². The lowest BCUT2D eigenvalue weighted by Gasteiger charge is -2.27. The first-order chi connectivity index (χ1) is 11.1. The normalized spacial score (nSPS) is 16.6. The molecule has 2 amide bonds. The Morgan fingerprint density at radius 1 is 1.13 bits per heavy atom. The third-order valence-electron chi connectivity index (χ3n) is 3.93. The molecule has 1 aliphatic carbocycles. The number of carbonyl (C=O) groups excluding carboxylic acids is 2. The summed E-state index contributed by atoms with van der Waals surface area (Å²) in [5.74, 6) is -1.24. The average Bonchev–Trinajstić information content (AvgIpc) is 3.05. The molecule has 7 heteroatoms. The van der Waals surface area contributed by atoms with Crippen molar-refractivity contribution in [3.05, 3.63) is 44.8 Å². The van der Waals surface area contributed by atoms with Crippen molar-refractivity contribution in [2.45, 2.75) is 25.0 Å². The second-order valence-corrected chi connectivity index (χ2v) is 7.60. The Morgan fingerprint density at radius 3 is 2.43 bits per heavy atom. The molecular formula is C16H18N2O3S2. The van der Waals surface area contributed by atoms with Crippen molar-refractivity contribution in [2.24, 2.45) is 5.92 Å². The standard InChI is InChI=1S/C16H18N2O3S2/c19-14(17-9-12-3-1-7-22-12)15(20)18-10-16(21,11-5-6-11)13-4-2-8-23-13/h1-4,7-8,11,21H,5-6,9-10H2,(H,17,19)(H,18,20). The average molecular weight is 350 g/mol. The minimum atomic E-state index is -1.07. The molecule has 3 N–H and O–H groups in total. The molecule has 0 bridgehead atoms. The maximum atomic E-state index is 11.9. The Hall–Kier alpha value is -1.70. The second kappa shape index (κ2) is 6.82. The molecule has 1 fully saturated rings. The third-order valence-corrected chi connectivity index (χ3v) is 5.84. The summed E-state index contributed by atoms with van der Waals surface area (Å²) in [6.07, 6.45) is 1.88. The van der Waals surface area contributed by atoms with Crippen molar-refractivity contribution < 1.29 is 14.7 Å². The van der Waals surface area contributed by atoms with Crippen molar-refractivity contribution in [3.63, 3.8) is 0 Å². The summed E-state index contributed by atoms with van der Waals surface area (Å²) < 4.78 is 0. The zero-order valence-electron chi connectivity index (χ0n) is 12.5. The smallest absolute Gasteiger partial charge is 0.309 e. The second-order valence-electron chi connectivity index (χ2n) is 5.62. The Kier molecular flexibility index (Phi) is 4.79. The molecule has 1 unspecified atom stereocenters. The molecule has 1 saturated carbocycles. The number of rotatable bonds is 6. The van der Waals surface area contributed by atoms with Gasteiger partial charge < -0.3 is 15.7 Å². The summed E-state index contributed by atoms with van der Waals surface area (Å²) in [6, 6.07) is 7.53. The predicted octanol–water partition coefficient (Wildman–Crippen LogP) is 1.84. The minimum Gasteiger partial charge on any atom is -0.382 e. The highest BCUT2D eigenvalue weighted by atomic mass is 32.1. The molecule has 0 radical (unpaired) electrons. The van der Waals surface area contributed by atoms with Gasteiger partial charge in [0, 0.05) is 9.75 Å². The Bertz CT molecular complexity index is 666. The van der Waals surface area contributed by atoms with E-state index in [4.69, 9.17) is 0 Å². The van der Waals surface area contributed by atoms with Gasteiger partial charge in [-0.3, -0.25) is 9.59 Å². The van der Waals surface area contributed by atoms with Crippen LogP contribution in [-0.2, 0) is 21.7 Å². The molecule has 2 aromatic heterocycles. The molecule has 2 aromatic rings. The molecule has 122 valence electrons. The SMILES string of the molecule is O=C(NCc1cccs1)C(=O)NCC(O)(c1cccs1)C1CC1. The molecule has 23 heavy (non-hydrogen) atoms. The molecule has 5 nitrogen and oxygen atoms in total. The monoisotopic (exact) mass is 350 g/mol. The van der Waals surface area contributed by atoms with E-state index in [2.05, 4.69) is 10.6 Å². The van der Waals surface area contributed by atoms with E-state index in [-0.39, 0.29) is 12.5 Å². The Morgan fingerprint density at radius 2 is 1.83 bits per heavy atom. The lowest BCUT2D eigenvalue weighted by Crippen LogP contribution is -2.46. The maximum absolute atomic E-state index is 11.9. The van der Waals surface area contributed by atoms with Crippen LogP contribution in [0.3, 0.4) is 0 Å². The van der Waals surface area contributed by atoms with Crippen molar-refractivity contribution in [1.82, 2.24) is 10.6 Å². The van der Waals surface area contributed by atoms with Gasteiger partial charge in [0.25, 0.3) is 0 Å². The van der Waals surface area contributed by atoms with Gasteiger partial charge >= 0.3 is 11.8 Å². The van der Waals surface area contributed by atoms with Crippen LogP contribution in [0.15, 0.2) is 35.0 Å². The molecule has 1 atom stereocenters. The molecule has 0 spiro atoms. The van der Waals surface area contributed by atoms with Gasteiger partial charge in [-0.05, 0) is 41.7 Å². The molecule has 0 aromatic carbocycles. The first kappa shape index (κ1) is 16.2. The van der Waals surface area contributed by atoms with E-state index in [1.807, 2.05) is 35.0 Å². The van der Waals surface area contributed by atoms with Crippen LogP contribution in [0.1, 0.15) is 22.6 Å². The first-order valence-corrected chi connectivity index (χ1v) is 9.20. The van der Waals surface area contributed by atoms with Gasteiger partial charge in [0.2, 0.25) is 0 Å². The Labute approximate surface area is 142 Å². The fraction of sp³-hybridized carbons (Fsp3) is 0.375. The van der Waals surface area contributed by atoms with Gasteiger partial charge in [0.15, 0.2) is 0 Å². The number of carbonyl (C=O) groups is 2. The summed E-state index contributed by atoms with van der Waals surface area (Å²) >= 11 is 2.99. The lowest BCUT2D eigenvalue weighted by molar-refractivity contribution is -0.140. The number of hydrogen-bond acceptors (Lipinski definition) is 5. The molecular weight excluding hydrogens is 332 g/mol. The van der Waals surface area contributed by atoms with Gasteiger partial charge in [-0.2, -0.15) is 0 Å². The van der Waals surface area contributed by atoms with Crippen molar-refractivity contribution in [2.75, 3.05) is 6.54 Å². The summed E-state index contributed by atoms with van der Waals surface area (Å²) in [6.45, 7) is 0.394. The van der Waals surface area contributed by atoms with E-state index < -0.39 is 17.4 Å². The topological polar surface area (TPSA) is 78.4 Å². The zero-order valence-corrected chi connectivity index (χ0v) is 14.1. The summed E-state index contributed by atoms with van der Waals surface area (Å²) in [4.78, 5) is 25.6. The highest BCUT2D eigenvalue weighted by Gasteiger charge is 2.46. The van der Waals surface area contributed by atoms with Crippen LogP contribution in [0.5, 0.6) is 0 Å². The van der Waals surface area contributed by atoms with Crippen LogP contribution in [0, 0.1) is 5.92 Å². The fourth-order valence-corrected chi connectivity index (χ4v) is 4.02. The van der Waals surface area contributed by atoms with Crippen LogP contribution in [-0.4, -0.2) is 23.5 Å². The van der Waals surface area contributed by atoms with Crippen LogP contribution in [0.4, 0.5) is 0 Å². The number of aliphatic hydroxyl groups is 1. The molecule has 1 aliphatic rings. The van der Waals surface area contributed by atoms with Crippen molar-refractivity contribution in [3.8, 4) is 0 Å². The summed E-state index contributed by atoms with van der Waals surface area (Å²) in [7, 11) is 0. The maximum Gasteiger partial charge on any atom is 0.309 e. The number of amides is 2. The van der Waals surface area contributed by atoms with E-state index in [0.717, 1.165) is 22.6 Å². The van der Waals surface area contributed by atoms with Gasteiger partial charge in [-0.25, -0.2) is 0 Å². The zero-order chi connectivity index (χ0) is 16.3. The summed E-state index contributed by atoms with van der Waals surface area (Å²) in [5, 5.41) is 19.9. The Balaban J connectivity index is 1.54.